The molecule has 36 heavy (non-hydrogen) atoms. The maximum Gasteiger partial charge on any atom is 0.313 e. The van der Waals surface area contributed by atoms with Crippen molar-refractivity contribution < 1.29 is 19.1 Å². The largest absolute Gasteiger partial charge is 0.462 e. The maximum absolute atomic E-state index is 13.7. The number of hydrogen-bond donors (Lipinski definition) is 0. The van der Waals surface area contributed by atoms with Crippen molar-refractivity contribution in [3.8, 4) is 0 Å². The van der Waals surface area contributed by atoms with Crippen LogP contribution >= 0.6 is 0 Å². The summed E-state index contributed by atoms with van der Waals surface area (Å²) in [6.07, 6.45) is 13.4. The third-order valence-electron chi connectivity index (χ3n) is 14.1. The molecule has 2 bridgehead atoms. The van der Waals surface area contributed by atoms with E-state index < -0.39 is 5.60 Å². The second-order valence-corrected chi connectivity index (χ2v) is 15.3. The summed E-state index contributed by atoms with van der Waals surface area (Å²) >= 11 is 0. The van der Waals surface area contributed by atoms with Crippen molar-refractivity contribution in [2.75, 3.05) is 0 Å². The van der Waals surface area contributed by atoms with Crippen molar-refractivity contribution in [1.29, 1.82) is 0 Å². The number of allylic oxidation sites excluding steroid dienone is 1. The molecule has 4 nitrogen and oxygen atoms in total. The maximum atomic E-state index is 13.7. The van der Waals surface area contributed by atoms with E-state index in [1.54, 1.807) is 6.92 Å². The zero-order chi connectivity index (χ0) is 26.1. The number of carbonyl (C=O) groups excluding carboxylic acids is 2. The number of esters is 2. The quantitative estimate of drug-likeness (QED) is 0.287. The molecule has 4 saturated carbocycles. The molecule has 6 aliphatic rings. The topological polar surface area (TPSA) is 52.6 Å². The average molecular weight is 497 g/mol. The third kappa shape index (κ3) is 2.58. The molecule has 0 aromatic rings. The van der Waals surface area contributed by atoms with Gasteiger partial charge in [0, 0.05) is 23.7 Å². The molecule has 6 rings (SSSR count). The Morgan fingerprint density at radius 3 is 2.39 bits per heavy atom. The van der Waals surface area contributed by atoms with Gasteiger partial charge in [-0.05, 0) is 91.9 Å². The monoisotopic (exact) mass is 496 g/mol. The number of hydrogen-bond acceptors (Lipinski definition) is 4. The molecule has 1 aliphatic heterocycles. The van der Waals surface area contributed by atoms with E-state index in [4.69, 9.17) is 9.47 Å². The third-order valence-corrected chi connectivity index (χ3v) is 14.1. The molecule has 4 heteroatoms. The molecule has 1 spiro atoms. The van der Waals surface area contributed by atoms with Crippen LogP contribution in [-0.2, 0) is 19.1 Å². The molecule has 0 radical (unpaired) electrons. The van der Waals surface area contributed by atoms with E-state index in [-0.39, 0.29) is 51.0 Å². The predicted molar refractivity (Wildman–Crippen MR) is 140 cm³/mol. The summed E-state index contributed by atoms with van der Waals surface area (Å²) in [5, 5.41) is 0. The molecular formula is C32H48O4. The smallest absolute Gasteiger partial charge is 0.313 e. The van der Waals surface area contributed by atoms with Gasteiger partial charge >= 0.3 is 11.9 Å². The first-order valence-electron chi connectivity index (χ1n) is 14.8. The van der Waals surface area contributed by atoms with Gasteiger partial charge in [0.2, 0.25) is 0 Å². The number of carbonyl (C=O) groups is 2. The second-order valence-electron chi connectivity index (χ2n) is 15.3. The summed E-state index contributed by atoms with van der Waals surface area (Å²) in [7, 11) is 0. The first-order chi connectivity index (χ1) is 16.7. The average Bonchev–Trinajstić information content (AvgIpc) is 2.99. The summed E-state index contributed by atoms with van der Waals surface area (Å²) in [5.41, 5.74) is -0.681. The molecule has 0 amide bonds. The standard InChI is InChI=1S/C32H48O4/c1-19-9-15-31-18-17-30(8)29(7)14-10-22-27(4,5)24(35-21(3)33)12-13-28(22,6)23(29)11-16-32(30,36-26(31)34)25(31)20(19)2/h11,16,19-20,22-25H,9-10,12-15,17-18H2,1-8H3/t19-,20+,22+,23-,24+,25-,28+,29-,30+,31+,32-/m1/s1. The Balaban J connectivity index is 1.46. The summed E-state index contributed by atoms with van der Waals surface area (Å²) in [6.45, 7) is 18.6. The zero-order valence-corrected chi connectivity index (χ0v) is 23.9. The lowest BCUT2D eigenvalue weighted by atomic mass is 9.32. The van der Waals surface area contributed by atoms with Crippen molar-refractivity contribution in [3.05, 3.63) is 12.2 Å². The Kier molecular flexibility index (Phi) is 5.00. The molecule has 0 aromatic carbocycles. The minimum absolute atomic E-state index is 0.0115. The fourth-order valence-corrected chi connectivity index (χ4v) is 11.8. The van der Waals surface area contributed by atoms with Crippen LogP contribution in [0.4, 0.5) is 0 Å². The molecule has 11 atom stereocenters. The molecule has 0 unspecified atom stereocenters. The van der Waals surface area contributed by atoms with Gasteiger partial charge in [-0.15, -0.1) is 0 Å². The molecule has 0 N–H and O–H groups in total. The first kappa shape index (κ1) is 25.0. The Morgan fingerprint density at radius 2 is 1.69 bits per heavy atom. The van der Waals surface area contributed by atoms with Crippen LogP contribution in [0.2, 0.25) is 0 Å². The van der Waals surface area contributed by atoms with E-state index in [2.05, 4.69) is 60.6 Å². The Bertz CT molecular complexity index is 1030. The molecule has 5 aliphatic carbocycles. The van der Waals surface area contributed by atoms with Crippen molar-refractivity contribution >= 4 is 11.9 Å². The van der Waals surface area contributed by atoms with E-state index in [0.717, 1.165) is 51.4 Å². The Hall–Kier alpha value is -1.32. The summed E-state index contributed by atoms with van der Waals surface area (Å²) < 4.78 is 12.6. The van der Waals surface area contributed by atoms with Crippen molar-refractivity contribution in [2.24, 2.45) is 56.7 Å². The van der Waals surface area contributed by atoms with E-state index >= 15 is 0 Å². The van der Waals surface area contributed by atoms with Crippen LogP contribution in [-0.4, -0.2) is 23.6 Å². The summed E-state index contributed by atoms with van der Waals surface area (Å²) in [5.74, 6) is 2.27. The van der Waals surface area contributed by atoms with Crippen molar-refractivity contribution in [2.45, 2.75) is 118 Å². The van der Waals surface area contributed by atoms with Gasteiger partial charge in [0.15, 0.2) is 0 Å². The highest BCUT2D eigenvalue weighted by molar-refractivity contribution is 5.82. The van der Waals surface area contributed by atoms with Gasteiger partial charge in [0.1, 0.15) is 11.7 Å². The number of fused-ring (bicyclic) bond motifs is 4. The minimum atomic E-state index is -0.477. The van der Waals surface area contributed by atoms with Gasteiger partial charge in [-0.2, -0.15) is 0 Å². The van der Waals surface area contributed by atoms with E-state index in [1.165, 1.54) is 0 Å². The van der Waals surface area contributed by atoms with Gasteiger partial charge < -0.3 is 9.47 Å². The number of ether oxygens (including phenoxy) is 2. The second kappa shape index (κ2) is 7.20. The molecule has 1 heterocycles. The Labute approximate surface area is 218 Å². The van der Waals surface area contributed by atoms with Gasteiger partial charge in [-0.25, -0.2) is 0 Å². The lowest BCUT2D eigenvalue weighted by Crippen LogP contribution is -2.71. The van der Waals surface area contributed by atoms with Gasteiger partial charge in [0.25, 0.3) is 0 Å². The fraction of sp³-hybridized carbons (Fsp3) is 0.875. The van der Waals surface area contributed by atoms with Gasteiger partial charge in [-0.1, -0.05) is 54.5 Å². The van der Waals surface area contributed by atoms with E-state index in [9.17, 15) is 9.59 Å². The van der Waals surface area contributed by atoms with Crippen LogP contribution in [0.3, 0.4) is 0 Å². The first-order valence-corrected chi connectivity index (χ1v) is 14.8. The van der Waals surface area contributed by atoms with Gasteiger partial charge in [-0.3, -0.25) is 9.59 Å². The van der Waals surface area contributed by atoms with E-state index in [0.29, 0.717) is 23.7 Å². The van der Waals surface area contributed by atoms with Crippen molar-refractivity contribution in [1.82, 2.24) is 0 Å². The predicted octanol–water partition coefficient (Wildman–Crippen LogP) is 7.11. The van der Waals surface area contributed by atoms with Gasteiger partial charge in [0.05, 0.1) is 5.41 Å². The van der Waals surface area contributed by atoms with Crippen LogP contribution in [0.15, 0.2) is 12.2 Å². The molecule has 5 fully saturated rings. The lowest BCUT2D eigenvalue weighted by Gasteiger charge is -2.72. The van der Waals surface area contributed by atoms with Crippen LogP contribution in [0.1, 0.15) is 107 Å². The molecular weight excluding hydrogens is 448 g/mol. The highest BCUT2D eigenvalue weighted by atomic mass is 16.6. The molecule has 1 saturated heterocycles. The van der Waals surface area contributed by atoms with E-state index in [1.807, 2.05) is 0 Å². The summed E-state index contributed by atoms with van der Waals surface area (Å²) in [4.78, 5) is 25.6. The van der Waals surface area contributed by atoms with Crippen molar-refractivity contribution in [3.63, 3.8) is 0 Å². The van der Waals surface area contributed by atoms with Crippen LogP contribution in [0.25, 0.3) is 0 Å². The normalized spacial score (nSPS) is 56.5. The SMILES string of the molecule is CC(=O)O[C@H]1CC[C@]2(C)[C@H]3C=C[C@@]45OC(=O)[C@@]6(CC[C@@H](C)[C@H](C)[C@H]64)CC[C@@]5(C)[C@]3(C)CC[C@H]2C1(C)C. The minimum Gasteiger partial charge on any atom is -0.462 e. The highest BCUT2D eigenvalue weighted by Crippen LogP contribution is 2.79. The van der Waals surface area contributed by atoms with Crippen LogP contribution < -0.4 is 0 Å². The van der Waals surface area contributed by atoms with Crippen LogP contribution in [0.5, 0.6) is 0 Å². The number of rotatable bonds is 1. The molecule has 200 valence electrons. The van der Waals surface area contributed by atoms with Crippen LogP contribution in [0, 0.1) is 56.7 Å². The molecule has 0 aromatic heterocycles. The summed E-state index contributed by atoms with van der Waals surface area (Å²) in [6, 6.07) is 0. The fourth-order valence-electron chi connectivity index (χ4n) is 11.8. The lowest BCUT2D eigenvalue weighted by molar-refractivity contribution is -0.247. The zero-order valence-electron chi connectivity index (χ0n) is 23.9. The Morgan fingerprint density at radius 1 is 0.972 bits per heavy atom. The highest BCUT2D eigenvalue weighted by Gasteiger charge is 2.80.